The molecule has 1 N–H and O–H groups in total. The van der Waals surface area contributed by atoms with Crippen LogP contribution in [0.4, 0.5) is 11.5 Å². The summed E-state index contributed by atoms with van der Waals surface area (Å²) in [5.41, 5.74) is 3.59. The number of benzene rings is 2. The molecule has 1 fully saturated rings. The second kappa shape index (κ2) is 10.2. The van der Waals surface area contributed by atoms with Crippen molar-refractivity contribution in [3.63, 3.8) is 0 Å². The molecular formula is C28H29N5O2. The molecular weight excluding hydrogens is 438 g/mol. The van der Waals surface area contributed by atoms with E-state index >= 15 is 0 Å². The fourth-order valence-corrected chi connectivity index (χ4v) is 4.70. The zero-order valence-corrected chi connectivity index (χ0v) is 20.1. The van der Waals surface area contributed by atoms with Crippen LogP contribution in [0.1, 0.15) is 27.4 Å². The second-order valence-corrected chi connectivity index (χ2v) is 9.06. The fraction of sp³-hybridized carbons (Fsp3) is 0.286. The summed E-state index contributed by atoms with van der Waals surface area (Å²) in [4.78, 5) is 28.5. The third-order valence-electron chi connectivity index (χ3n) is 6.26. The molecule has 1 aliphatic rings. The quantitative estimate of drug-likeness (QED) is 0.458. The fourth-order valence-electron chi connectivity index (χ4n) is 4.70. The molecule has 7 nitrogen and oxygen atoms in total. The number of rotatable bonds is 5. The number of carbonyl (C=O) groups excluding carboxylic acids is 1. The van der Waals surface area contributed by atoms with E-state index in [0.717, 1.165) is 23.2 Å². The molecule has 0 aliphatic carbocycles. The van der Waals surface area contributed by atoms with E-state index in [2.05, 4.69) is 38.5 Å². The van der Waals surface area contributed by atoms with Gasteiger partial charge in [-0.05, 0) is 55.5 Å². The minimum Gasteiger partial charge on any atom is -0.379 e. The van der Waals surface area contributed by atoms with Gasteiger partial charge in [-0.3, -0.25) is 9.78 Å². The Hall–Kier alpha value is -3.84. The van der Waals surface area contributed by atoms with Crippen LogP contribution in [0.3, 0.4) is 0 Å². The molecule has 4 aromatic rings. The molecule has 35 heavy (non-hydrogen) atoms. The molecule has 0 unspecified atom stereocenters. The van der Waals surface area contributed by atoms with Gasteiger partial charge < -0.3 is 15.0 Å². The van der Waals surface area contributed by atoms with Crippen molar-refractivity contribution >= 4 is 28.2 Å². The molecule has 178 valence electrons. The number of aryl methyl sites for hydroxylation is 2. The smallest absolute Gasteiger partial charge is 0.254 e. The Morgan fingerprint density at radius 3 is 2.89 bits per heavy atom. The van der Waals surface area contributed by atoms with E-state index < -0.39 is 0 Å². The molecule has 1 saturated heterocycles. The van der Waals surface area contributed by atoms with Crippen LogP contribution in [0.25, 0.3) is 10.8 Å². The number of aromatic nitrogens is 3. The number of carbonyl (C=O) groups is 1. The summed E-state index contributed by atoms with van der Waals surface area (Å²) in [5.74, 6) is 1.64. The SMILES string of the molecule is Cc1cc(Nc2cccc(C(=O)N3CCOC[C@@H](Cc4cccc5ccncc45)C3)c2)nc(C)n1. The van der Waals surface area contributed by atoms with E-state index in [9.17, 15) is 4.79 Å². The number of nitrogens with one attached hydrogen (secondary N) is 1. The number of fused-ring (bicyclic) bond motifs is 1. The van der Waals surface area contributed by atoms with E-state index in [1.807, 2.05) is 67.5 Å². The highest BCUT2D eigenvalue weighted by molar-refractivity contribution is 5.95. The molecule has 2 aromatic heterocycles. The molecule has 2 aromatic carbocycles. The zero-order valence-electron chi connectivity index (χ0n) is 20.1. The van der Waals surface area contributed by atoms with E-state index in [4.69, 9.17) is 4.74 Å². The molecule has 1 aliphatic heterocycles. The normalized spacial score (nSPS) is 16.2. The van der Waals surface area contributed by atoms with Gasteiger partial charge in [-0.1, -0.05) is 24.3 Å². The first-order chi connectivity index (χ1) is 17.0. The number of pyridine rings is 1. The first-order valence-corrected chi connectivity index (χ1v) is 11.9. The highest BCUT2D eigenvalue weighted by atomic mass is 16.5. The molecule has 5 rings (SSSR count). The van der Waals surface area contributed by atoms with Gasteiger partial charge in [-0.25, -0.2) is 9.97 Å². The molecule has 0 radical (unpaired) electrons. The lowest BCUT2D eigenvalue weighted by Gasteiger charge is -2.24. The van der Waals surface area contributed by atoms with Crippen molar-refractivity contribution in [1.82, 2.24) is 19.9 Å². The summed E-state index contributed by atoms with van der Waals surface area (Å²) in [6.07, 6.45) is 4.57. The van der Waals surface area contributed by atoms with Gasteiger partial charge in [0.25, 0.3) is 5.91 Å². The first-order valence-electron chi connectivity index (χ1n) is 11.9. The van der Waals surface area contributed by atoms with Crippen molar-refractivity contribution in [2.75, 3.05) is 31.6 Å². The summed E-state index contributed by atoms with van der Waals surface area (Å²) in [6, 6.07) is 17.8. The molecule has 0 bridgehead atoms. The Morgan fingerprint density at radius 2 is 2.00 bits per heavy atom. The van der Waals surface area contributed by atoms with Gasteiger partial charge in [0, 0.05) is 59.8 Å². The minimum atomic E-state index is 0.0128. The Bertz CT molecular complexity index is 1330. The number of ether oxygens (including phenoxy) is 1. The largest absolute Gasteiger partial charge is 0.379 e. The van der Waals surface area contributed by atoms with Crippen LogP contribution < -0.4 is 5.32 Å². The van der Waals surface area contributed by atoms with Gasteiger partial charge in [0.05, 0.1) is 13.2 Å². The number of anilines is 2. The maximum atomic E-state index is 13.5. The summed E-state index contributed by atoms with van der Waals surface area (Å²) in [5, 5.41) is 5.64. The van der Waals surface area contributed by atoms with Crippen LogP contribution in [-0.4, -0.2) is 52.1 Å². The van der Waals surface area contributed by atoms with Gasteiger partial charge in [0.1, 0.15) is 11.6 Å². The summed E-state index contributed by atoms with van der Waals surface area (Å²) in [7, 11) is 0. The van der Waals surface area contributed by atoms with E-state index in [0.29, 0.717) is 43.5 Å². The maximum Gasteiger partial charge on any atom is 0.254 e. The lowest BCUT2D eigenvalue weighted by atomic mass is 9.95. The molecule has 1 amide bonds. The summed E-state index contributed by atoms with van der Waals surface area (Å²) in [6.45, 7) is 6.20. The van der Waals surface area contributed by atoms with E-state index in [-0.39, 0.29) is 11.8 Å². The average molecular weight is 468 g/mol. The van der Waals surface area contributed by atoms with Crippen LogP contribution in [0.5, 0.6) is 0 Å². The number of hydrogen-bond acceptors (Lipinski definition) is 6. The highest BCUT2D eigenvalue weighted by Crippen LogP contribution is 2.23. The van der Waals surface area contributed by atoms with E-state index in [1.165, 1.54) is 10.9 Å². The summed E-state index contributed by atoms with van der Waals surface area (Å²) >= 11 is 0. The van der Waals surface area contributed by atoms with Gasteiger partial charge in [-0.2, -0.15) is 0 Å². The Balaban J connectivity index is 1.32. The van der Waals surface area contributed by atoms with Crippen LogP contribution >= 0.6 is 0 Å². The first kappa shape index (κ1) is 22.9. The number of amides is 1. The molecule has 1 atom stereocenters. The highest BCUT2D eigenvalue weighted by Gasteiger charge is 2.24. The van der Waals surface area contributed by atoms with Gasteiger partial charge >= 0.3 is 0 Å². The van der Waals surface area contributed by atoms with Crippen LogP contribution in [0.2, 0.25) is 0 Å². The predicted octanol–water partition coefficient (Wildman–Crippen LogP) is 4.72. The van der Waals surface area contributed by atoms with Crippen molar-refractivity contribution in [3.8, 4) is 0 Å². The monoisotopic (exact) mass is 467 g/mol. The van der Waals surface area contributed by atoms with Crippen LogP contribution in [0.15, 0.2) is 67.0 Å². The van der Waals surface area contributed by atoms with Crippen molar-refractivity contribution < 1.29 is 9.53 Å². The third kappa shape index (κ3) is 5.46. The zero-order chi connectivity index (χ0) is 24.2. The number of nitrogens with zero attached hydrogens (tertiary/aromatic N) is 4. The third-order valence-corrected chi connectivity index (χ3v) is 6.26. The van der Waals surface area contributed by atoms with Crippen LogP contribution in [0, 0.1) is 19.8 Å². The van der Waals surface area contributed by atoms with E-state index in [1.54, 1.807) is 0 Å². The Labute approximate surface area is 205 Å². The van der Waals surface area contributed by atoms with Crippen molar-refractivity contribution in [3.05, 3.63) is 89.6 Å². The predicted molar refractivity (Wildman–Crippen MR) is 137 cm³/mol. The van der Waals surface area contributed by atoms with Gasteiger partial charge in [0.15, 0.2) is 0 Å². The minimum absolute atomic E-state index is 0.0128. The molecule has 7 heteroatoms. The Kier molecular flexibility index (Phi) is 6.68. The van der Waals surface area contributed by atoms with Crippen LogP contribution in [-0.2, 0) is 11.2 Å². The number of hydrogen-bond donors (Lipinski definition) is 1. The molecule has 0 saturated carbocycles. The average Bonchev–Trinajstić information content (AvgIpc) is 3.09. The topological polar surface area (TPSA) is 80.2 Å². The van der Waals surface area contributed by atoms with Crippen molar-refractivity contribution in [2.24, 2.45) is 5.92 Å². The molecule has 0 spiro atoms. The van der Waals surface area contributed by atoms with Gasteiger partial charge in [-0.15, -0.1) is 0 Å². The standard InChI is InChI=1S/C28H29N5O2/c1-19-13-27(31-20(2)30-19)32-25-8-4-7-24(15-25)28(34)33-11-12-35-18-21(17-33)14-23-6-3-5-22-9-10-29-16-26(22)23/h3-10,13,15-16,21H,11-12,14,17-18H2,1-2H3,(H,30,31,32)/t21-/m0/s1. The molecule has 3 heterocycles. The lowest BCUT2D eigenvalue weighted by molar-refractivity contribution is 0.0737. The Morgan fingerprint density at radius 1 is 1.11 bits per heavy atom. The van der Waals surface area contributed by atoms with Gasteiger partial charge in [0.2, 0.25) is 0 Å². The maximum absolute atomic E-state index is 13.5. The summed E-state index contributed by atoms with van der Waals surface area (Å²) < 4.78 is 5.90. The second-order valence-electron chi connectivity index (χ2n) is 9.06. The van der Waals surface area contributed by atoms with Crippen molar-refractivity contribution in [1.29, 1.82) is 0 Å². The van der Waals surface area contributed by atoms with Crippen molar-refractivity contribution in [2.45, 2.75) is 20.3 Å². The lowest BCUT2D eigenvalue weighted by Crippen LogP contribution is -2.36.